The molecule has 0 radical (unpaired) electrons. The van der Waals surface area contributed by atoms with Gasteiger partial charge in [0.1, 0.15) is 5.69 Å². The number of nitro benzene ring substituents is 1. The lowest BCUT2D eigenvalue weighted by molar-refractivity contribution is -0.383. The lowest BCUT2D eigenvalue weighted by atomic mass is 10.1. The van der Waals surface area contributed by atoms with Crippen LogP contribution < -0.4 is 16.8 Å². The zero-order valence-corrected chi connectivity index (χ0v) is 14.2. The number of nitrogens with zero attached hydrogens (tertiary/aromatic N) is 1. The van der Waals surface area contributed by atoms with Gasteiger partial charge < -0.3 is 21.5 Å². The summed E-state index contributed by atoms with van der Waals surface area (Å²) in [4.78, 5) is 45.4. The van der Waals surface area contributed by atoms with Gasteiger partial charge in [-0.05, 0) is 43.3 Å². The van der Waals surface area contributed by atoms with Gasteiger partial charge in [0.05, 0.1) is 10.5 Å². The third-order valence-electron chi connectivity index (χ3n) is 3.55. The van der Waals surface area contributed by atoms with Crippen molar-refractivity contribution in [2.45, 2.75) is 13.0 Å². The van der Waals surface area contributed by atoms with Crippen LogP contribution in [-0.2, 0) is 9.53 Å². The summed E-state index contributed by atoms with van der Waals surface area (Å²) in [5.41, 5.74) is 10.6. The van der Waals surface area contributed by atoms with Crippen molar-refractivity contribution in [2.75, 3.05) is 11.1 Å². The molecule has 2 rings (SSSR count). The average molecular weight is 372 g/mol. The molecule has 2 aromatic carbocycles. The van der Waals surface area contributed by atoms with Crippen molar-refractivity contribution >= 4 is 34.8 Å². The number of nitrogens with two attached hydrogens (primary N) is 2. The highest BCUT2D eigenvalue weighted by Crippen LogP contribution is 2.23. The van der Waals surface area contributed by atoms with Crippen LogP contribution in [0.2, 0.25) is 0 Å². The number of anilines is 2. The maximum atomic E-state index is 12.1. The zero-order chi connectivity index (χ0) is 20.1. The fraction of sp³-hybridized carbons (Fsp3) is 0.118. The molecule has 2 aromatic rings. The van der Waals surface area contributed by atoms with Crippen molar-refractivity contribution in [3.63, 3.8) is 0 Å². The molecule has 0 unspecified atom stereocenters. The van der Waals surface area contributed by atoms with Crippen molar-refractivity contribution in [3.05, 3.63) is 63.7 Å². The van der Waals surface area contributed by atoms with E-state index in [9.17, 15) is 24.5 Å². The Kier molecular flexibility index (Phi) is 5.71. The van der Waals surface area contributed by atoms with Crippen molar-refractivity contribution in [2.24, 2.45) is 5.73 Å². The summed E-state index contributed by atoms with van der Waals surface area (Å²) in [5, 5.41) is 13.4. The van der Waals surface area contributed by atoms with Gasteiger partial charge in [-0.1, -0.05) is 0 Å². The molecule has 0 saturated heterocycles. The highest BCUT2D eigenvalue weighted by atomic mass is 16.6. The molecule has 0 aliphatic rings. The van der Waals surface area contributed by atoms with E-state index in [0.29, 0.717) is 5.69 Å². The molecule has 0 bridgehead atoms. The monoisotopic (exact) mass is 372 g/mol. The van der Waals surface area contributed by atoms with Crippen LogP contribution in [0.4, 0.5) is 17.1 Å². The molecule has 0 aliphatic heterocycles. The van der Waals surface area contributed by atoms with Crippen LogP contribution in [0, 0.1) is 10.1 Å². The number of esters is 1. The van der Waals surface area contributed by atoms with Crippen molar-refractivity contribution in [1.29, 1.82) is 0 Å². The van der Waals surface area contributed by atoms with Crippen molar-refractivity contribution in [3.8, 4) is 0 Å². The Morgan fingerprint density at radius 1 is 1.11 bits per heavy atom. The van der Waals surface area contributed by atoms with Crippen LogP contribution >= 0.6 is 0 Å². The van der Waals surface area contributed by atoms with Gasteiger partial charge in [0, 0.05) is 17.3 Å². The molecule has 10 heteroatoms. The van der Waals surface area contributed by atoms with E-state index in [1.807, 2.05) is 0 Å². The molecule has 1 atom stereocenters. The second-order valence-corrected chi connectivity index (χ2v) is 5.51. The maximum Gasteiger partial charge on any atom is 0.339 e. The number of hydrogen-bond donors (Lipinski definition) is 3. The SMILES string of the molecule is C[C@H](OC(=O)c1ccc(N)c([N+](=O)[O-])c1)C(=O)Nc1ccc(C(N)=O)cc1. The van der Waals surface area contributed by atoms with Crippen LogP contribution in [0.1, 0.15) is 27.6 Å². The Bertz CT molecular complexity index is 910. The largest absolute Gasteiger partial charge is 0.449 e. The van der Waals surface area contributed by atoms with Gasteiger partial charge in [-0.2, -0.15) is 0 Å². The zero-order valence-electron chi connectivity index (χ0n) is 14.2. The first-order valence-corrected chi connectivity index (χ1v) is 7.64. The number of amides is 2. The standard InChI is InChI=1S/C17H16N4O6/c1-9(16(23)20-12-5-2-10(3-6-12)15(19)22)27-17(24)11-4-7-13(18)14(8-11)21(25)26/h2-9H,18H2,1H3,(H2,19,22)(H,20,23)/t9-/m0/s1. The first kappa shape index (κ1) is 19.4. The summed E-state index contributed by atoms with van der Waals surface area (Å²) in [5.74, 6) is -2.14. The maximum absolute atomic E-state index is 12.1. The quantitative estimate of drug-likeness (QED) is 0.298. The Morgan fingerprint density at radius 3 is 2.26 bits per heavy atom. The topological polar surface area (TPSA) is 168 Å². The molecule has 0 spiro atoms. The number of nitrogens with one attached hydrogen (secondary N) is 1. The average Bonchev–Trinajstić information content (AvgIpc) is 2.62. The second-order valence-electron chi connectivity index (χ2n) is 5.51. The van der Waals surface area contributed by atoms with Gasteiger partial charge in [-0.3, -0.25) is 19.7 Å². The van der Waals surface area contributed by atoms with Crippen molar-refractivity contribution in [1.82, 2.24) is 0 Å². The van der Waals surface area contributed by atoms with Crippen LogP contribution in [0.15, 0.2) is 42.5 Å². The summed E-state index contributed by atoms with van der Waals surface area (Å²) in [6.45, 7) is 1.34. The Hall–Kier alpha value is -3.95. The summed E-state index contributed by atoms with van der Waals surface area (Å²) < 4.78 is 5.02. The van der Waals surface area contributed by atoms with Crippen LogP contribution in [-0.4, -0.2) is 28.8 Å². The molecule has 0 aromatic heterocycles. The fourth-order valence-electron chi connectivity index (χ4n) is 2.07. The minimum Gasteiger partial charge on any atom is -0.449 e. The van der Waals surface area contributed by atoms with Crippen LogP contribution in [0.5, 0.6) is 0 Å². The number of nitro groups is 1. The molecular weight excluding hydrogens is 356 g/mol. The van der Waals surface area contributed by atoms with E-state index in [-0.39, 0.29) is 16.8 Å². The number of hydrogen-bond acceptors (Lipinski definition) is 7. The van der Waals surface area contributed by atoms with E-state index in [1.165, 1.54) is 43.3 Å². The first-order chi connectivity index (χ1) is 12.7. The number of rotatable bonds is 6. The highest BCUT2D eigenvalue weighted by molar-refractivity contribution is 5.98. The van der Waals surface area contributed by atoms with Gasteiger partial charge in [0.15, 0.2) is 6.10 Å². The molecule has 0 aliphatic carbocycles. The summed E-state index contributed by atoms with van der Waals surface area (Å²) in [7, 11) is 0. The van der Waals surface area contributed by atoms with Gasteiger partial charge >= 0.3 is 5.97 Å². The lowest BCUT2D eigenvalue weighted by Crippen LogP contribution is -2.30. The molecule has 0 heterocycles. The van der Waals surface area contributed by atoms with Gasteiger partial charge in [0.25, 0.3) is 11.6 Å². The number of ether oxygens (including phenoxy) is 1. The summed E-state index contributed by atoms with van der Waals surface area (Å²) >= 11 is 0. The molecule has 2 amide bonds. The van der Waals surface area contributed by atoms with E-state index in [2.05, 4.69) is 5.32 Å². The number of carbonyl (C=O) groups excluding carboxylic acids is 3. The Morgan fingerprint density at radius 2 is 1.70 bits per heavy atom. The Labute approximate surface area is 153 Å². The molecule has 27 heavy (non-hydrogen) atoms. The number of nitrogen functional groups attached to an aromatic ring is 1. The van der Waals surface area contributed by atoms with Gasteiger partial charge in [-0.25, -0.2) is 4.79 Å². The van der Waals surface area contributed by atoms with Gasteiger partial charge in [-0.15, -0.1) is 0 Å². The normalized spacial score (nSPS) is 11.3. The summed E-state index contributed by atoms with van der Waals surface area (Å²) in [6.07, 6.45) is -1.18. The minimum atomic E-state index is -1.18. The molecule has 140 valence electrons. The predicted molar refractivity (Wildman–Crippen MR) is 96.0 cm³/mol. The lowest BCUT2D eigenvalue weighted by Gasteiger charge is -2.14. The molecular formula is C17H16N4O6. The molecule has 5 N–H and O–H groups in total. The van der Waals surface area contributed by atoms with E-state index >= 15 is 0 Å². The van der Waals surface area contributed by atoms with E-state index in [4.69, 9.17) is 16.2 Å². The third kappa shape index (κ3) is 4.78. The third-order valence-corrected chi connectivity index (χ3v) is 3.55. The first-order valence-electron chi connectivity index (χ1n) is 7.64. The predicted octanol–water partition coefficient (Wildman–Crippen LogP) is 1.46. The molecule has 10 nitrogen and oxygen atoms in total. The minimum absolute atomic E-state index is 0.0956. The summed E-state index contributed by atoms with van der Waals surface area (Å²) in [6, 6.07) is 9.25. The highest BCUT2D eigenvalue weighted by Gasteiger charge is 2.21. The Balaban J connectivity index is 2.03. The van der Waals surface area contributed by atoms with E-state index < -0.39 is 34.5 Å². The number of benzene rings is 2. The van der Waals surface area contributed by atoms with Crippen molar-refractivity contribution < 1.29 is 24.0 Å². The van der Waals surface area contributed by atoms with E-state index in [0.717, 1.165) is 6.07 Å². The second kappa shape index (κ2) is 7.95. The van der Waals surface area contributed by atoms with Crippen LogP contribution in [0.3, 0.4) is 0 Å². The van der Waals surface area contributed by atoms with E-state index in [1.54, 1.807) is 0 Å². The smallest absolute Gasteiger partial charge is 0.339 e. The number of primary amides is 1. The molecule has 0 fully saturated rings. The number of carbonyl (C=O) groups is 3. The van der Waals surface area contributed by atoms with Gasteiger partial charge in [0.2, 0.25) is 5.91 Å². The fourth-order valence-corrected chi connectivity index (χ4v) is 2.07. The van der Waals surface area contributed by atoms with Crippen LogP contribution in [0.25, 0.3) is 0 Å². The molecule has 0 saturated carbocycles.